The molecule has 19 heavy (non-hydrogen) atoms. The predicted octanol–water partition coefficient (Wildman–Crippen LogP) is 5.44. The lowest BCUT2D eigenvalue weighted by atomic mass is 10.1. The first-order valence-electron chi connectivity index (χ1n) is 6.02. The van der Waals surface area contributed by atoms with Gasteiger partial charge in [-0.3, -0.25) is 0 Å². The van der Waals surface area contributed by atoms with Crippen molar-refractivity contribution in [3.8, 4) is 25.3 Å². The summed E-state index contributed by atoms with van der Waals surface area (Å²) in [5, 5.41) is 10.5. The number of benzene rings is 2. The Morgan fingerprint density at radius 1 is 0.895 bits per heavy atom. The molecule has 0 aliphatic heterocycles. The third-order valence-corrected chi connectivity index (χ3v) is 5.40. The van der Waals surface area contributed by atoms with Crippen LogP contribution in [0.3, 0.4) is 0 Å². The molecule has 0 spiro atoms. The molecule has 0 aliphatic carbocycles. The van der Waals surface area contributed by atoms with E-state index >= 15 is 0 Å². The van der Waals surface area contributed by atoms with Gasteiger partial charge >= 0.3 is 5.06 Å². The summed E-state index contributed by atoms with van der Waals surface area (Å²) in [5.74, 6) is 0. The van der Waals surface area contributed by atoms with Crippen molar-refractivity contribution in [2.45, 2.75) is 6.92 Å². The third kappa shape index (κ3) is 2.53. The molecular formula is C16H13OS2+. The molecule has 0 bridgehead atoms. The summed E-state index contributed by atoms with van der Waals surface area (Å²) in [4.78, 5) is 0.948. The van der Waals surface area contributed by atoms with E-state index in [4.69, 9.17) is 0 Å². The highest BCUT2D eigenvalue weighted by atomic mass is 32.2. The average molecular weight is 285 g/mol. The van der Waals surface area contributed by atoms with Crippen molar-refractivity contribution in [2.75, 3.05) is 0 Å². The normalized spacial score (nSPS) is 10.6. The van der Waals surface area contributed by atoms with Gasteiger partial charge in [0.1, 0.15) is 11.3 Å². The van der Waals surface area contributed by atoms with E-state index in [2.05, 4.69) is 43.3 Å². The van der Waals surface area contributed by atoms with Gasteiger partial charge in [0.2, 0.25) is 4.88 Å². The van der Waals surface area contributed by atoms with E-state index in [9.17, 15) is 5.11 Å². The van der Waals surface area contributed by atoms with E-state index in [1.165, 1.54) is 16.9 Å². The summed E-state index contributed by atoms with van der Waals surface area (Å²) in [6, 6.07) is 18.4. The SMILES string of the molecule is Cc1ccc(-c2sc(-c3ccccc3)[s+]c2O)cc1. The van der Waals surface area contributed by atoms with Crippen molar-refractivity contribution in [2.24, 2.45) is 0 Å². The average Bonchev–Trinajstić information content (AvgIpc) is 2.83. The van der Waals surface area contributed by atoms with Gasteiger partial charge in [0.05, 0.1) is 11.3 Å². The summed E-state index contributed by atoms with van der Waals surface area (Å²) < 4.78 is 1.13. The van der Waals surface area contributed by atoms with Gasteiger partial charge in [0, 0.05) is 11.1 Å². The molecule has 1 N–H and O–H groups in total. The summed E-state index contributed by atoms with van der Waals surface area (Å²) in [6.07, 6.45) is 0. The second-order valence-electron chi connectivity index (χ2n) is 4.36. The predicted molar refractivity (Wildman–Crippen MR) is 83.9 cm³/mol. The fourth-order valence-corrected chi connectivity index (χ4v) is 4.19. The van der Waals surface area contributed by atoms with Gasteiger partial charge in [-0.1, -0.05) is 48.0 Å². The van der Waals surface area contributed by atoms with Crippen molar-refractivity contribution >= 4 is 22.7 Å². The molecule has 1 heterocycles. The number of aryl methyl sites for hydroxylation is 1. The molecule has 94 valence electrons. The third-order valence-electron chi connectivity index (χ3n) is 2.90. The van der Waals surface area contributed by atoms with Crippen LogP contribution in [0.5, 0.6) is 5.06 Å². The van der Waals surface area contributed by atoms with Gasteiger partial charge in [-0.05, 0) is 19.1 Å². The van der Waals surface area contributed by atoms with Crippen LogP contribution in [0, 0.1) is 6.92 Å². The van der Waals surface area contributed by atoms with E-state index in [-0.39, 0.29) is 0 Å². The van der Waals surface area contributed by atoms with Crippen LogP contribution >= 0.6 is 22.7 Å². The van der Waals surface area contributed by atoms with E-state index in [0.717, 1.165) is 20.2 Å². The number of hydrogen-bond donors (Lipinski definition) is 1. The van der Waals surface area contributed by atoms with Gasteiger partial charge < -0.3 is 5.11 Å². The highest BCUT2D eigenvalue weighted by Gasteiger charge is 2.24. The molecule has 0 radical (unpaired) electrons. The molecule has 0 amide bonds. The van der Waals surface area contributed by atoms with E-state index < -0.39 is 0 Å². The Morgan fingerprint density at radius 3 is 2.26 bits per heavy atom. The second kappa shape index (κ2) is 5.11. The molecule has 1 nitrogen and oxygen atoms in total. The number of aromatic hydroxyl groups is 1. The maximum atomic E-state index is 10.1. The Balaban J connectivity index is 2.05. The van der Waals surface area contributed by atoms with Crippen LogP contribution in [0.4, 0.5) is 0 Å². The molecule has 1 aromatic heterocycles. The molecule has 3 heteroatoms. The van der Waals surface area contributed by atoms with Crippen molar-refractivity contribution in [1.82, 2.24) is 0 Å². The standard InChI is InChI=1S/C16H12OS2/c1-11-7-9-12(10-8-11)14-15(17)19-16(18-14)13-5-3-2-4-6-13/h2-10H,1H3/p+1. The van der Waals surface area contributed by atoms with Crippen LogP contribution in [0.15, 0.2) is 54.6 Å². The first-order chi connectivity index (χ1) is 9.24. The van der Waals surface area contributed by atoms with E-state index in [1.807, 2.05) is 18.2 Å². The highest BCUT2D eigenvalue weighted by Crippen LogP contribution is 2.46. The molecule has 0 saturated carbocycles. The second-order valence-corrected chi connectivity index (χ2v) is 6.64. The first kappa shape index (κ1) is 12.3. The quantitative estimate of drug-likeness (QED) is 0.622. The fraction of sp³-hybridized carbons (Fsp3) is 0.0625. The highest BCUT2D eigenvalue weighted by molar-refractivity contribution is 7.39. The minimum atomic E-state index is 0.396. The monoisotopic (exact) mass is 285 g/mol. The fourth-order valence-electron chi connectivity index (χ4n) is 1.87. The maximum absolute atomic E-state index is 10.1. The topological polar surface area (TPSA) is 20.2 Å². The minimum Gasteiger partial charge on any atom is -0.481 e. The van der Waals surface area contributed by atoms with Crippen LogP contribution in [-0.2, 0) is 0 Å². The van der Waals surface area contributed by atoms with Crippen LogP contribution < -0.4 is 0 Å². The largest absolute Gasteiger partial charge is 0.481 e. The maximum Gasteiger partial charge on any atom is 0.320 e. The lowest BCUT2D eigenvalue weighted by molar-refractivity contribution is 0.493. The van der Waals surface area contributed by atoms with Gasteiger partial charge in [-0.2, -0.15) is 0 Å². The summed E-state index contributed by atoms with van der Waals surface area (Å²) in [6.45, 7) is 2.07. The zero-order valence-electron chi connectivity index (χ0n) is 10.5. The molecule has 0 saturated heterocycles. The molecule has 3 aromatic rings. The Labute approximate surface area is 120 Å². The Kier molecular flexibility index (Phi) is 3.32. The number of hydrogen-bond acceptors (Lipinski definition) is 2. The van der Waals surface area contributed by atoms with Crippen LogP contribution in [0.2, 0.25) is 0 Å². The van der Waals surface area contributed by atoms with Gasteiger partial charge in [-0.15, -0.1) is 0 Å². The molecule has 0 unspecified atom stereocenters. The molecule has 3 rings (SSSR count). The van der Waals surface area contributed by atoms with E-state index in [1.54, 1.807) is 11.3 Å². The lowest BCUT2D eigenvalue weighted by Crippen LogP contribution is -1.74. The molecule has 0 aliphatic rings. The zero-order valence-corrected chi connectivity index (χ0v) is 12.1. The van der Waals surface area contributed by atoms with Crippen molar-refractivity contribution in [3.63, 3.8) is 0 Å². The van der Waals surface area contributed by atoms with Crippen LogP contribution in [0.25, 0.3) is 20.2 Å². The minimum absolute atomic E-state index is 0.396. The smallest absolute Gasteiger partial charge is 0.320 e. The Hall–Kier alpha value is -1.71. The van der Waals surface area contributed by atoms with Gasteiger partial charge in [0.15, 0.2) is 0 Å². The van der Waals surface area contributed by atoms with Crippen molar-refractivity contribution in [3.05, 3.63) is 60.2 Å². The summed E-state index contributed by atoms with van der Waals surface area (Å²) in [7, 11) is 0. The van der Waals surface area contributed by atoms with Gasteiger partial charge in [0.25, 0.3) is 4.19 Å². The Bertz CT molecular complexity index is 685. The molecule has 2 aromatic carbocycles. The number of rotatable bonds is 2. The Morgan fingerprint density at radius 2 is 1.58 bits per heavy atom. The van der Waals surface area contributed by atoms with E-state index in [0.29, 0.717) is 5.06 Å². The molecular weight excluding hydrogens is 272 g/mol. The van der Waals surface area contributed by atoms with Crippen molar-refractivity contribution < 1.29 is 5.11 Å². The van der Waals surface area contributed by atoms with Crippen molar-refractivity contribution in [1.29, 1.82) is 0 Å². The summed E-state index contributed by atoms with van der Waals surface area (Å²) >= 11 is 3.08. The van der Waals surface area contributed by atoms with Crippen LogP contribution in [0.1, 0.15) is 5.56 Å². The van der Waals surface area contributed by atoms with Gasteiger partial charge in [-0.25, -0.2) is 0 Å². The zero-order chi connectivity index (χ0) is 13.2. The lowest BCUT2D eigenvalue weighted by Gasteiger charge is -1.94. The van der Waals surface area contributed by atoms with Crippen LogP contribution in [-0.4, -0.2) is 5.11 Å². The summed E-state index contributed by atoms with van der Waals surface area (Å²) in [5.41, 5.74) is 3.46. The molecule has 0 fully saturated rings. The first-order valence-corrected chi connectivity index (χ1v) is 7.66. The molecule has 0 atom stereocenters.